The number of Topliss-reactive ketones (excluding diaryl/α,β-unsaturated/α-hetero) is 1. The molecule has 86 valence electrons. The second-order valence-electron chi connectivity index (χ2n) is 4.44. The maximum Gasteiger partial charge on any atom is 0.140 e. The molecule has 0 amide bonds. The summed E-state index contributed by atoms with van der Waals surface area (Å²) in [6, 6.07) is 4.61. The number of carbonyl (C=O) groups excluding carboxylic acids is 1. The summed E-state index contributed by atoms with van der Waals surface area (Å²) >= 11 is 6.05. The number of hydrogen-bond donors (Lipinski definition) is 0. The smallest absolute Gasteiger partial charge is 0.140 e. The molecule has 0 aliphatic heterocycles. The van der Waals surface area contributed by atoms with Crippen LogP contribution >= 0.6 is 11.6 Å². The van der Waals surface area contributed by atoms with Crippen molar-refractivity contribution < 1.29 is 9.18 Å². The van der Waals surface area contributed by atoms with Crippen molar-refractivity contribution in [3.05, 3.63) is 34.6 Å². The number of ketones is 1. The number of halogens is 2. The van der Waals surface area contributed by atoms with Gasteiger partial charge in [-0.25, -0.2) is 4.39 Å². The summed E-state index contributed by atoms with van der Waals surface area (Å²) in [5, 5.41) is 0.372. The van der Waals surface area contributed by atoms with Gasteiger partial charge in [0.2, 0.25) is 0 Å². The van der Waals surface area contributed by atoms with Crippen molar-refractivity contribution in [3.8, 4) is 0 Å². The van der Waals surface area contributed by atoms with Crippen molar-refractivity contribution in [1.82, 2.24) is 0 Å². The molecule has 1 saturated carbocycles. The highest BCUT2D eigenvalue weighted by Gasteiger charge is 2.43. The number of carbonyl (C=O) groups is 1. The quantitative estimate of drug-likeness (QED) is 0.767. The molecule has 0 heterocycles. The summed E-state index contributed by atoms with van der Waals surface area (Å²) < 4.78 is 13.9. The second kappa shape index (κ2) is 4.17. The van der Waals surface area contributed by atoms with Gasteiger partial charge in [0.1, 0.15) is 11.6 Å². The van der Waals surface area contributed by atoms with E-state index in [1.807, 2.05) is 0 Å². The number of hydrogen-bond acceptors (Lipinski definition) is 1. The lowest BCUT2D eigenvalue weighted by atomic mass is 9.75. The van der Waals surface area contributed by atoms with Crippen LogP contribution in [-0.4, -0.2) is 5.78 Å². The molecule has 0 aromatic heterocycles. The lowest BCUT2D eigenvalue weighted by Gasteiger charge is -2.27. The van der Waals surface area contributed by atoms with Crippen LogP contribution in [0.1, 0.15) is 38.2 Å². The topological polar surface area (TPSA) is 17.1 Å². The molecular weight excluding hydrogens is 227 g/mol. The average molecular weight is 241 g/mol. The first-order valence-corrected chi connectivity index (χ1v) is 5.91. The minimum atomic E-state index is -0.678. The molecule has 0 spiro atoms. The normalized spacial score (nSPS) is 18.7. The van der Waals surface area contributed by atoms with Crippen LogP contribution in [0.3, 0.4) is 0 Å². The predicted octanol–water partition coefficient (Wildman–Crippen LogP) is 3.88. The Balaban J connectivity index is 2.60. The molecule has 1 nitrogen and oxygen atoms in total. The van der Waals surface area contributed by atoms with E-state index in [0.717, 1.165) is 12.8 Å². The third kappa shape index (κ3) is 1.65. The summed E-state index contributed by atoms with van der Waals surface area (Å²) in [7, 11) is 0. The Hall–Kier alpha value is -0.890. The van der Waals surface area contributed by atoms with Crippen LogP contribution in [0.4, 0.5) is 4.39 Å². The summed E-state index contributed by atoms with van der Waals surface area (Å²) in [5.41, 5.74) is -0.274. The van der Waals surface area contributed by atoms with E-state index < -0.39 is 5.41 Å². The molecule has 0 N–H and O–H groups in total. The first kappa shape index (κ1) is 11.6. The van der Waals surface area contributed by atoms with Gasteiger partial charge in [0.05, 0.1) is 5.41 Å². The van der Waals surface area contributed by atoms with Crippen molar-refractivity contribution in [2.24, 2.45) is 0 Å². The minimum Gasteiger partial charge on any atom is -0.299 e. The Kier molecular flexibility index (Phi) is 3.02. The standard InChI is InChI=1S/C13H14ClFO/c1-9(16)13(7-2-3-8-13)12-10(14)5-4-6-11(12)15/h4-6H,2-3,7-8H2,1H3. The van der Waals surface area contributed by atoms with E-state index >= 15 is 0 Å². The van der Waals surface area contributed by atoms with Crippen LogP contribution in [-0.2, 0) is 10.2 Å². The Morgan fingerprint density at radius 2 is 2.00 bits per heavy atom. The molecule has 1 fully saturated rings. The molecule has 0 radical (unpaired) electrons. The van der Waals surface area contributed by atoms with E-state index in [4.69, 9.17) is 11.6 Å². The van der Waals surface area contributed by atoms with E-state index in [1.165, 1.54) is 13.0 Å². The highest BCUT2D eigenvalue weighted by atomic mass is 35.5. The first-order chi connectivity index (χ1) is 7.58. The van der Waals surface area contributed by atoms with Crippen LogP contribution in [0.2, 0.25) is 5.02 Å². The fourth-order valence-corrected chi connectivity index (χ4v) is 3.06. The molecule has 0 bridgehead atoms. The Labute approximate surface area is 99.6 Å². The third-order valence-electron chi connectivity index (χ3n) is 3.57. The second-order valence-corrected chi connectivity index (χ2v) is 4.85. The first-order valence-electron chi connectivity index (χ1n) is 5.53. The van der Waals surface area contributed by atoms with Gasteiger partial charge in [-0.15, -0.1) is 0 Å². The fraction of sp³-hybridized carbons (Fsp3) is 0.462. The minimum absolute atomic E-state index is 0.0250. The Morgan fingerprint density at radius 3 is 2.50 bits per heavy atom. The van der Waals surface area contributed by atoms with Gasteiger partial charge in [0, 0.05) is 10.6 Å². The summed E-state index contributed by atoms with van der Waals surface area (Å²) in [5.74, 6) is -0.332. The van der Waals surface area contributed by atoms with Gasteiger partial charge in [-0.1, -0.05) is 30.5 Å². The van der Waals surface area contributed by atoms with Crippen molar-refractivity contribution in [2.45, 2.75) is 38.0 Å². The molecule has 0 saturated heterocycles. The highest BCUT2D eigenvalue weighted by molar-refractivity contribution is 6.31. The Morgan fingerprint density at radius 1 is 1.38 bits per heavy atom. The molecule has 0 atom stereocenters. The monoisotopic (exact) mass is 240 g/mol. The van der Waals surface area contributed by atoms with E-state index in [-0.39, 0.29) is 11.6 Å². The molecular formula is C13H14ClFO. The van der Waals surface area contributed by atoms with Crippen LogP contribution in [0, 0.1) is 5.82 Å². The molecule has 1 aliphatic rings. The number of benzene rings is 1. The molecule has 16 heavy (non-hydrogen) atoms. The SMILES string of the molecule is CC(=O)C1(c2c(F)cccc2Cl)CCCC1. The van der Waals surface area contributed by atoms with E-state index in [2.05, 4.69) is 0 Å². The fourth-order valence-electron chi connectivity index (χ4n) is 2.71. The summed E-state index contributed by atoms with van der Waals surface area (Å²) in [4.78, 5) is 11.8. The van der Waals surface area contributed by atoms with Gasteiger partial charge in [0.15, 0.2) is 0 Å². The van der Waals surface area contributed by atoms with Crippen LogP contribution in [0.25, 0.3) is 0 Å². The zero-order valence-electron chi connectivity index (χ0n) is 9.22. The van der Waals surface area contributed by atoms with E-state index in [9.17, 15) is 9.18 Å². The van der Waals surface area contributed by atoms with Gasteiger partial charge < -0.3 is 0 Å². The van der Waals surface area contributed by atoms with Gasteiger partial charge in [-0.2, -0.15) is 0 Å². The lowest BCUT2D eigenvalue weighted by Crippen LogP contribution is -2.32. The van der Waals surface area contributed by atoms with Crippen LogP contribution in [0.15, 0.2) is 18.2 Å². The summed E-state index contributed by atoms with van der Waals surface area (Å²) in [6.45, 7) is 1.54. The third-order valence-corrected chi connectivity index (χ3v) is 3.89. The molecule has 1 aromatic rings. The molecule has 1 aliphatic carbocycles. The van der Waals surface area contributed by atoms with E-state index in [0.29, 0.717) is 23.4 Å². The highest BCUT2D eigenvalue weighted by Crippen LogP contribution is 2.45. The average Bonchev–Trinajstić information content (AvgIpc) is 2.67. The summed E-state index contributed by atoms with van der Waals surface area (Å²) in [6.07, 6.45) is 3.35. The lowest BCUT2D eigenvalue weighted by molar-refractivity contribution is -0.122. The zero-order valence-corrected chi connectivity index (χ0v) is 9.98. The molecule has 0 unspecified atom stereocenters. The van der Waals surface area contributed by atoms with Crippen molar-refractivity contribution >= 4 is 17.4 Å². The van der Waals surface area contributed by atoms with E-state index in [1.54, 1.807) is 12.1 Å². The molecule has 1 aromatic carbocycles. The van der Waals surface area contributed by atoms with Crippen molar-refractivity contribution in [2.75, 3.05) is 0 Å². The maximum absolute atomic E-state index is 13.9. The largest absolute Gasteiger partial charge is 0.299 e. The Bertz CT molecular complexity index is 402. The number of rotatable bonds is 2. The van der Waals surface area contributed by atoms with Crippen LogP contribution < -0.4 is 0 Å². The van der Waals surface area contributed by atoms with Crippen molar-refractivity contribution in [1.29, 1.82) is 0 Å². The molecule has 2 rings (SSSR count). The van der Waals surface area contributed by atoms with Gasteiger partial charge in [-0.3, -0.25) is 4.79 Å². The predicted molar refractivity (Wildman–Crippen MR) is 62.2 cm³/mol. The molecule has 3 heteroatoms. The van der Waals surface area contributed by atoms with Gasteiger partial charge in [0.25, 0.3) is 0 Å². The van der Waals surface area contributed by atoms with Crippen LogP contribution in [0.5, 0.6) is 0 Å². The zero-order chi connectivity index (χ0) is 11.8. The van der Waals surface area contributed by atoms with Gasteiger partial charge >= 0.3 is 0 Å². The maximum atomic E-state index is 13.9. The van der Waals surface area contributed by atoms with Crippen molar-refractivity contribution in [3.63, 3.8) is 0 Å². The van der Waals surface area contributed by atoms with Gasteiger partial charge in [-0.05, 0) is 31.9 Å².